The Bertz CT molecular complexity index is 547. The third kappa shape index (κ3) is 5.03. The van der Waals surface area contributed by atoms with E-state index in [9.17, 15) is 14.0 Å². The average molecular weight is 322 g/mol. The third-order valence-electron chi connectivity index (χ3n) is 3.97. The number of nitrogens with zero attached hydrogens (tertiary/aromatic N) is 1. The maximum absolute atomic E-state index is 12.9. The van der Waals surface area contributed by atoms with Crippen molar-refractivity contribution in [1.29, 1.82) is 0 Å². The molecule has 1 saturated heterocycles. The first-order valence-electron chi connectivity index (χ1n) is 7.81. The quantitative estimate of drug-likeness (QED) is 0.825. The van der Waals surface area contributed by atoms with Gasteiger partial charge in [-0.15, -0.1) is 0 Å². The number of likely N-dealkylation sites (tertiary alicyclic amines) is 1. The molecule has 2 atom stereocenters. The molecule has 1 heterocycles. The number of hydrogen-bond acceptors (Lipinski definition) is 3. The van der Waals surface area contributed by atoms with Gasteiger partial charge in [0.2, 0.25) is 11.8 Å². The monoisotopic (exact) mass is 322 g/mol. The first-order chi connectivity index (χ1) is 11.0. The lowest BCUT2D eigenvalue weighted by molar-refractivity contribution is -0.129. The van der Waals surface area contributed by atoms with E-state index in [1.165, 1.54) is 12.1 Å². The smallest absolute Gasteiger partial charge is 0.225 e. The van der Waals surface area contributed by atoms with E-state index >= 15 is 0 Å². The summed E-state index contributed by atoms with van der Waals surface area (Å²) >= 11 is 0. The molecular formula is C17H23FN2O3. The van der Waals surface area contributed by atoms with Crippen LogP contribution >= 0.6 is 0 Å². The molecule has 0 saturated carbocycles. The minimum Gasteiger partial charge on any atom is -0.383 e. The molecule has 1 aromatic carbocycles. The van der Waals surface area contributed by atoms with Crippen molar-refractivity contribution < 1.29 is 18.7 Å². The van der Waals surface area contributed by atoms with Gasteiger partial charge in [0.15, 0.2) is 0 Å². The van der Waals surface area contributed by atoms with Crippen molar-refractivity contribution in [1.82, 2.24) is 10.2 Å². The standard InChI is InChI=1S/C17H23FN2O3/c1-12(11-23-2)19-17(22)14-9-16(21)20(10-14)8-7-13-3-5-15(18)6-4-13/h3-6,12,14H,7-11H2,1-2H3,(H,19,22)/t12-,14+/m0/s1. The zero-order valence-corrected chi connectivity index (χ0v) is 13.5. The van der Waals surface area contributed by atoms with Gasteiger partial charge in [0.05, 0.1) is 12.5 Å². The van der Waals surface area contributed by atoms with E-state index in [0.29, 0.717) is 26.1 Å². The van der Waals surface area contributed by atoms with Crippen molar-refractivity contribution >= 4 is 11.8 Å². The number of amides is 2. The number of benzene rings is 1. The molecule has 23 heavy (non-hydrogen) atoms. The molecule has 0 aliphatic carbocycles. The van der Waals surface area contributed by atoms with Crippen LogP contribution in [0.5, 0.6) is 0 Å². The van der Waals surface area contributed by atoms with Crippen LogP contribution in [0.3, 0.4) is 0 Å². The summed E-state index contributed by atoms with van der Waals surface area (Å²) in [6.07, 6.45) is 0.898. The van der Waals surface area contributed by atoms with Gasteiger partial charge in [-0.3, -0.25) is 9.59 Å². The number of ether oxygens (including phenoxy) is 1. The van der Waals surface area contributed by atoms with Gasteiger partial charge in [-0.2, -0.15) is 0 Å². The van der Waals surface area contributed by atoms with Crippen LogP contribution in [-0.4, -0.2) is 49.6 Å². The number of hydrogen-bond donors (Lipinski definition) is 1. The maximum Gasteiger partial charge on any atom is 0.225 e. The van der Waals surface area contributed by atoms with Crippen LogP contribution in [0.1, 0.15) is 18.9 Å². The zero-order valence-electron chi connectivity index (χ0n) is 13.5. The van der Waals surface area contributed by atoms with E-state index in [1.54, 1.807) is 24.1 Å². The maximum atomic E-state index is 12.9. The van der Waals surface area contributed by atoms with Gasteiger partial charge in [-0.1, -0.05) is 12.1 Å². The molecule has 6 heteroatoms. The summed E-state index contributed by atoms with van der Waals surface area (Å²) in [6.45, 7) is 3.29. The number of methoxy groups -OCH3 is 1. The van der Waals surface area contributed by atoms with Gasteiger partial charge < -0.3 is 15.0 Å². The molecule has 0 aromatic heterocycles. The van der Waals surface area contributed by atoms with E-state index in [-0.39, 0.29) is 36.0 Å². The average Bonchev–Trinajstić information content (AvgIpc) is 2.88. The molecule has 5 nitrogen and oxygen atoms in total. The fourth-order valence-electron chi connectivity index (χ4n) is 2.73. The molecule has 0 spiro atoms. The number of halogens is 1. The molecule has 0 radical (unpaired) electrons. The lowest BCUT2D eigenvalue weighted by atomic mass is 10.1. The molecule has 2 rings (SSSR count). The molecule has 1 aromatic rings. The van der Waals surface area contributed by atoms with Gasteiger partial charge in [0.25, 0.3) is 0 Å². The van der Waals surface area contributed by atoms with Crippen LogP contribution in [-0.2, 0) is 20.7 Å². The van der Waals surface area contributed by atoms with Gasteiger partial charge in [0.1, 0.15) is 5.82 Å². The highest BCUT2D eigenvalue weighted by atomic mass is 19.1. The molecule has 0 unspecified atom stereocenters. The second-order valence-corrected chi connectivity index (χ2v) is 5.98. The minimum absolute atomic E-state index is 0.00773. The number of nitrogens with one attached hydrogen (secondary N) is 1. The van der Waals surface area contributed by atoms with Crippen molar-refractivity contribution in [2.24, 2.45) is 5.92 Å². The van der Waals surface area contributed by atoms with E-state index in [4.69, 9.17) is 4.74 Å². The molecule has 1 fully saturated rings. The van der Waals surface area contributed by atoms with Crippen molar-refractivity contribution in [2.45, 2.75) is 25.8 Å². The Morgan fingerprint density at radius 2 is 2.13 bits per heavy atom. The highest BCUT2D eigenvalue weighted by molar-refractivity contribution is 5.89. The lowest BCUT2D eigenvalue weighted by Crippen LogP contribution is -2.40. The first-order valence-corrected chi connectivity index (χ1v) is 7.81. The predicted octanol–water partition coefficient (Wildman–Crippen LogP) is 1.37. The van der Waals surface area contributed by atoms with Crippen LogP contribution in [0.15, 0.2) is 24.3 Å². The van der Waals surface area contributed by atoms with E-state index in [2.05, 4.69) is 5.32 Å². The van der Waals surface area contributed by atoms with E-state index < -0.39 is 0 Å². The predicted molar refractivity (Wildman–Crippen MR) is 84.3 cm³/mol. The van der Waals surface area contributed by atoms with Gasteiger partial charge in [-0.25, -0.2) is 4.39 Å². The fraction of sp³-hybridized carbons (Fsp3) is 0.529. The summed E-state index contributed by atoms with van der Waals surface area (Å²) in [7, 11) is 1.58. The normalized spacial score (nSPS) is 19.0. The number of carbonyl (C=O) groups excluding carboxylic acids is 2. The molecule has 2 amide bonds. The number of carbonyl (C=O) groups is 2. The van der Waals surface area contributed by atoms with Crippen LogP contribution in [0, 0.1) is 11.7 Å². The fourth-order valence-corrected chi connectivity index (χ4v) is 2.73. The Morgan fingerprint density at radius 1 is 1.43 bits per heavy atom. The largest absolute Gasteiger partial charge is 0.383 e. The highest BCUT2D eigenvalue weighted by Crippen LogP contribution is 2.18. The van der Waals surface area contributed by atoms with E-state index in [1.807, 2.05) is 6.92 Å². The Balaban J connectivity index is 1.82. The Kier molecular flexibility index (Phi) is 6.10. The van der Waals surface area contributed by atoms with E-state index in [0.717, 1.165) is 5.56 Å². The third-order valence-corrected chi connectivity index (χ3v) is 3.97. The lowest BCUT2D eigenvalue weighted by Gasteiger charge is -2.18. The second kappa shape index (κ2) is 8.06. The van der Waals surface area contributed by atoms with Crippen LogP contribution in [0.4, 0.5) is 4.39 Å². The molecule has 1 aliphatic heterocycles. The Hall–Kier alpha value is -1.95. The zero-order chi connectivity index (χ0) is 16.8. The number of rotatable bonds is 7. The molecule has 1 aliphatic rings. The Labute approximate surface area is 135 Å². The molecule has 0 bridgehead atoms. The van der Waals surface area contributed by atoms with Crippen LogP contribution in [0.25, 0.3) is 0 Å². The highest BCUT2D eigenvalue weighted by Gasteiger charge is 2.34. The van der Waals surface area contributed by atoms with Crippen molar-refractivity contribution in [3.8, 4) is 0 Å². The summed E-state index contributed by atoms with van der Waals surface area (Å²) in [4.78, 5) is 25.9. The second-order valence-electron chi connectivity index (χ2n) is 5.98. The van der Waals surface area contributed by atoms with Crippen molar-refractivity contribution in [3.63, 3.8) is 0 Å². The van der Waals surface area contributed by atoms with Crippen LogP contribution < -0.4 is 5.32 Å². The summed E-state index contributed by atoms with van der Waals surface area (Å²) < 4.78 is 17.9. The topological polar surface area (TPSA) is 58.6 Å². The summed E-state index contributed by atoms with van der Waals surface area (Å²) in [5.74, 6) is -0.693. The summed E-state index contributed by atoms with van der Waals surface area (Å²) in [6, 6.07) is 6.18. The Morgan fingerprint density at radius 3 is 2.78 bits per heavy atom. The van der Waals surface area contributed by atoms with Gasteiger partial charge in [-0.05, 0) is 31.0 Å². The molecular weight excluding hydrogens is 299 g/mol. The minimum atomic E-state index is -0.310. The van der Waals surface area contributed by atoms with Gasteiger partial charge in [0, 0.05) is 32.7 Å². The SMILES string of the molecule is COC[C@H](C)NC(=O)[C@@H]1CC(=O)N(CCc2ccc(F)cc2)C1. The summed E-state index contributed by atoms with van der Waals surface area (Å²) in [5, 5.41) is 2.86. The first kappa shape index (κ1) is 17.4. The van der Waals surface area contributed by atoms with Gasteiger partial charge >= 0.3 is 0 Å². The molecule has 1 N–H and O–H groups in total. The molecule has 126 valence electrons. The van der Waals surface area contributed by atoms with Crippen molar-refractivity contribution in [3.05, 3.63) is 35.6 Å². The summed E-state index contributed by atoms with van der Waals surface area (Å²) in [5.41, 5.74) is 0.973. The van der Waals surface area contributed by atoms with Crippen molar-refractivity contribution in [2.75, 3.05) is 26.8 Å². The van der Waals surface area contributed by atoms with Crippen LogP contribution in [0.2, 0.25) is 0 Å².